The highest BCUT2D eigenvalue weighted by Crippen LogP contribution is 2.47. The standard InChI is InChI=1S/C17H23NO3/c1-16(2,3)21-15(19)18-11-7-10-14(18)17(12-20-17)13-8-5-4-6-9-13/h4-6,8-9,14H,7,10-12H2,1-3H3/t14-,17-/m1/s1. The summed E-state index contributed by atoms with van der Waals surface area (Å²) in [5, 5.41) is 0. The summed E-state index contributed by atoms with van der Waals surface area (Å²) < 4.78 is 11.4. The summed E-state index contributed by atoms with van der Waals surface area (Å²) in [4.78, 5) is 14.3. The molecule has 21 heavy (non-hydrogen) atoms. The Hall–Kier alpha value is -1.55. The van der Waals surface area contributed by atoms with E-state index in [0.717, 1.165) is 24.9 Å². The number of rotatable bonds is 2. The lowest BCUT2D eigenvalue weighted by molar-refractivity contribution is 0.0143. The van der Waals surface area contributed by atoms with Crippen LogP contribution in [0.3, 0.4) is 0 Å². The fraction of sp³-hybridized carbons (Fsp3) is 0.588. The molecule has 0 aromatic heterocycles. The molecule has 0 aliphatic carbocycles. The maximum absolute atomic E-state index is 12.4. The highest BCUT2D eigenvalue weighted by atomic mass is 16.6. The molecular formula is C17H23NO3. The van der Waals surface area contributed by atoms with Crippen LogP contribution in [-0.4, -0.2) is 35.8 Å². The SMILES string of the molecule is CC(C)(C)OC(=O)N1CCC[C@@H]1[C@]1(c2ccccc2)CO1. The number of nitrogens with zero attached hydrogens (tertiary/aromatic N) is 1. The molecule has 0 bridgehead atoms. The molecule has 4 nitrogen and oxygen atoms in total. The van der Waals surface area contributed by atoms with E-state index in [1.807, 2.05) is 43.9 Å². The van der Waals surface area contributed by atoms with Gasteiger partial charge in [0.1, 0.15) is 11.2 Å². The molecule has 0 spiro atoms. The molecule has 2 heterocycles. The molecule has 1 amide bonds. The van der Waals surface area contributed by atoms with Gasteiger partial charge in [-0.3, -0.25) is 0 Å². The van der Waals surface area contributed by atoms with Gasteiger partial charge in [-0.2, -0.15) is 0 Å². The van der Waals surface area contributed by atoms with Gasteiger partial charge in [-0.1, -0.05) is 30.3 Å². The molecule has 2 fully saturated rings. The van der Waals surface area contributed by atoms with Crippen LogP contribution in [0.15, 0.2) is 30.3 Å². The fourth-order valence-corrected chi connectivity index (χ4v) is 3.14. The van der Waals surface area contributed by atoms with Crippen molar-refractivity contribution < 1.29 is 14.3 Å². The van der Waals surface area contributed by atoms with Crippen molar-refractivity contribution >= 4 is 6.09 Å². The van der Waals surface area contributed by atoms with E-state index in [9.17, 15) is 4.79 Å². The Morgan fingerprint density at radius 1 is 1.33 bits per heavy atom. The number of likely N-dealkylation sites (tertiary alicyclic amines) is 1. The average Bonchev–Trinajstić information content (AvgIpc) is 3.08. The maximum atomic E-state index is 12.4. The Morgan fingerprint density at radius 3 is 2.57 bits per heavy atom. The number of benzene rings is 1. The van der Waals surface area contributed by atoms with Crippen LogP contribution >= 0.6 is 0 Å². The third-order valence-corrected chi connectivity index (χ3v) is 4.14. The minimum atomic E-state index is -0.464. The van der Waals surface area contributed by atoms with Crippen molar-refractivity contribution in [3.63, 3.8) is 0 Å². The molecule has 2 aliphatic rings. The number of hydrogen-bond acceptors (Lipinski definition) is 3. The monoisotopic (exact) mass is 289 g/mol. The highest BCUT2D eigenvalue weighted by Gasteiger charge is 2.57. The minimum Gasteiger partial charge on any atom is -0.444 e. The lowest BCUT2D eigenvalue weighted by Gasteiger charge is -2.32. The number of carbonyl (C=O) groups is 1. The molecule has 1 aromatic carbocycles. The molecule has 2 aliphatic heterocycles. The summed E-state index contributed by atoms with van der Waals surface area (Å²) in [6.45, 7) is 7.13. The molecule has 2 atom stereocenters. The van der Waals surface area contributed by atoms with Crippen LogP contribution in [0, 0.1) is 0 Å². The van der Waals surface area contributed by atoms with Crippen LogP contribution in [0.1, 0.15) is 39.2 Å². The van der Waals surface area contributed by atoms with Crippen molar-refractivity contribution in [2.24, 2.45) is 0 Å². The average molecular weight is 289 g/mol. The van der Waals surface area contributed by atoms with E-state index in [4.69, 9.17) is 9.47 Å². The Labute approximate surface area is 126 Å². The third-order valence-electron chi connectivity index (χ3n) is 4.14. The maximum Gasteiger partial charge on any atom is 0.410 e. The summed E-state index contributed by atoms with van der Waals surface area (Å²) in [6, 6.07) is 10.3. The van der Waals surface area contributed by atoms with Gasteiger partial charge in [0, 0.05) is 6.54 Å². The largest absolute Gasteiger partial charge is 0.444 e. The van der Waals surface area contributed by atoms with Crippen LogP contribution in [0.25, 0.3) is 0 Å². The summed E-state index contributed by atoms with van der Waals surface area (Å²) in [5.74, 6) is 0. The first kappa shape index (κ1) is 14.4. The number of epoxide rings is 1. The lowest BCUT2D eigenvalue weighted by atomic mass is 9.90. The van der Waals surface area contributed by atoms with Gasteiger partial charge in [0.15, 0.2) is 0 Å². The van der Waals surface area contributed by atoms with Crippen molar-refractivity contribution in [3.8, 4) is 0 Å². The van der Waals surface area contributed by atoms with Crippen molar-refractivity contribution in [3.05, 3.63) is 35.9 Å². The van der Waals surface area contributed by atoms with Crippen molar-refractivity contribution in [2.75, 3.05) is 13.2 Å². The Morgan fingerprint density at radius 2 is 2.00 bits per heavy atom. The third kappa shape index (κ3) is 2.77. The van der Waals surface area contributed by atoms with Crippen molar-refractivity contribution in [1.29, 1.82) is 0 Å². The zero-order valence-corrected chi connectivity index (χ0v) is 13.0. The molecule has 0 saturated carbocycles. The summed E-state index contributed by atoms with van der Waals surface area (Å²) >= 11 is 0. The van der Waals surface area contributed by atoms with Crippen LogP contribution in [0.5, 0.6) is 0 Å². The van der Waals surface area contributed by atoms with E-state index in [0.29, 0.717) is 6.61 Å². The smallest absolute Gasteiger partial charge is 0.410 e. The summed E-state index contributed by atoms with van der Waals surface area (Å²) in [6.07, 6.45) is 1.74. The first-order valence-electron chi connectivity index (χ1n) is 7.61. The first-order chi connectivity index (χ1) is 9.92. The van der Waals surface area contributed by atoms with E-state index in [1.165, 1.54) is 0 Å². The molecule has 0 unspecified atom stereocenters. The highest BCUT2D eigenvalue weighted by molar-refractivity contribution is 5.69. The van der Waals surface area contributed by atoms with Crippen LogP contribution < -0.4 is 0 Å². The zero-order chi connectivity index (χ0) is 15.1. The van der Waals surface area contributed by atoms with Gasteiger partial charge in [-0.25, -0.2) is 4.79 Å². The van der Waals surface area contributed by atoms with Gasteiger partial charge in [-0.15, -0.1) is 0 Å². The van der Waals surface area contributed by atoms with E-state index < -0.39 is 5.60 Å². The number of ether oxygens (including phenoxy) is 2. The predicted octanol–water partition coefficient (Wildman–Crippen LogP) is 3.31. The second-order valence-electron chi connectivity index (χ2n) is 6.88. The molecule has 2 saturated heterocycles. The van der Waals surface area contributed by atoms with Gasteiger partial charge in [0.25, 0.3) is 0 Å². The predicted molar refractivity (Wildman–Crippen MR) is 80.0 cm³/mol. The number of amides is 1. The topological polar surface area (TPSA) is 42.1 Å². The van der Waals surface area contributed by atoms with E-state index in [2.05, 4.69) is 12.1 Å². The Bertz CT molecular complexity index is 517. The van der Waals surface area contributed by atoms with Crippen LogP contribution in [0.2, 0.25) is 0 Å². The Balaban J connectivity index is 1.80. The van der Waals surface area contributed by atoms with Gasteiger partial charge in [0.05, 0.1) is 12.6 Å². The normalized spacial score (nSPS) is 28.5. The fourth-order valence-electron chi connectivity index (χ4n) is 3.14. The van der Waals surface area contributed by atoms with Gasteiger partial charge in [-0.05, 0) is 39.2 Å². The molecular weight excluding hydrogens is 266 g/mol. The quantitative estimate of drug-likeness (QED) is 0.784. The second kappa shape index (κ2) is 5.02. The minimum absolute atomic E-state index is 0.0785. The van der Waals surface area contributed by atoms with Gasteiger partial charge >= 0.3 is 6.09 Å². The summed E-state index contributed by atoms with van der Waals surface area (Å²) in [7, 11) is 0. The number of carbonyl (C=O) groups excluding carboxylic acids is 1. The Kier molecular flexibility index (Phi) is 3.44. The van der Waals surface area contributed by atoms with E-state index in [-0.39, 0.29) is 17.7 Å². The molecule has 3 rings (SSSR count). The van der Waals surface area contributed by atoms with Crippen molar-refractivity contribution in [1.82, 2.24) is 4.90 Å². The van der Waals surface area contributed by atoms with E-state index in [1.54, 1.807) is 0 Å². The molecule has 4 heteroatoms. The van der Waals surface area contributed by atoms with Crippen LogP contribution in [0.4, 0.5) is 4.79 Å². The van der Waals surface area contributed by atoms with Crippen molar-refractivity contribution in [2.45, 2.75) is 50.9 Å². The first-order valence-corrected chi connectivity index (χ1v) is 7.61. The second-order valence-corrected chi connectivity index (χ2v) is 6.88. The lowest BCUT2D eigenvalue weighted by Crippen LogP contribution is -2.45. The molecule has 0 N–H and O–H groups in total. The molecule has 114 valence electrons. The van der Waals surface area contributed by atoms with Gasteiger partial charge in [0.2, 0.25) is 0 Å². The van der Waals surface area contributed by atoms with Gasteiger partial charge < -0.3 is 14.4 Å². The molecule has 0 radical (unpaired) electrons. The zero-order valence-electron chi connectivity index (χ0n) is 13.0. The number of hydrogen-bond donors (Lipinski definition) is 0. The van der Waals surface area contributed by atoms with Crippen LogP contribution in [-0.2, 0) is 15.1 Å². The summed E-state index contributed by atoms with van der Waals surface area (Å²) in [5.41, 5.74) is 0.369. The van der Waals surface area contributed by atoms with E-state index >= 15 is 0 Å². The molecule has 1 aromatic rings.